The van der Waals surface area contributed by atoms with E-state index < -0.39 is 11.7 Å². The van der Waals surface area contributed by atoms with Crippen molar-refractivity contribution in [2.24, 2.45) is 0 Å². The Hall–Kier alpha value is -4.41. The molecule has 0 spiro atoms. The van der Waals surface area contributed by atoms with E-state index in [9.17, 15) is 18.8 Å². The number of benzene rings is 2. The third-order valence-corrected chi connectivity index (χ3v) is 6.05. The van der Waals surface area contributed by atoms with Gasteiger partial charge in [-0.2, -0.15) is 5.10 Å². The number of nitrogens with one attached hydrogen (secondary N) is 1. The summed E-state index contributed by atoms with van der Waals surface area (Å²) in [6, 6.07) is 11.5. The first-order valence-electron chi connectivity index (χ1n) is 11.0. The average Bonchev–Trinajstić information content (AvgIpc) is 3.29. The van der Waals surface area contributed by atoms with Gasteiger partial charge in [0.15, 0.2) is 5.82 Å². The summed E-state index contributed by atoms with van der Waals surface area (Å²) in [6.45, 7) is 0.729. The molecule has 178 valence electrons. The molecule has 2 aromatic carbocycles. The predicted molar refractivity (Wildman–Crippen MR) is 124 cm³/mol. The SMILES string of the molecule is CN(C)C(=O)c1nnc2n1CCN(C(=O)c1cc(Cc3n[nH]c(=O)c4ccccc34)ccc1F)C2. The maximum absolute atomic E-state index is 14.7. The molecule has 0 saturated carbocycles. The van der Waals surface area contributed by atoms with Gasteiger partial charge in [-0.3, -0.25) is 14.4 Å². The largest absolute Gasteiger partial charge is 0.342 e. The molecular weight excluding hydrogens is 453 g/mol. The van der Waals surface area contributed by atoms with Gasteiger partial charge in [0.05, 0.1) is 23.2 Å². The zero-order chi connectivity index (χ0) is 24.7. The van der Waals surface area contributed by atoms with E-state index >= 15 is 0 Å². The van der Waals surface area contributed by atoms with Crippen LogP contribution in [0.25, 0.3) is 10.8 Å². The number of H-pyrrole nitrogens is 1. The van der Waals surface area contributed by atoms with Crippen LogP contribution >= 0.6 is 0 Å². The lowest BCUT2D eigenvalue weighted by molar-refractivity contribution is 0.0698. The van der Waals surface area contributed by atoms with E-state index in [1.165, 1.54) is 21.9 Å². The Balaban J connectivity index is 1.40. The molecular formula is C24H22FN7O3. The van der Waals surface area contributed by atoms with Crippen LogP contribution in [0, 0.1) is 5.82 Å². The van der Waals surface area contributed by atoms with Crippen molar-refractivity contribution < 1.29 is 14.0 Å². The van der Waals surface area contributed by atoms with Crippen LogP contribution in [0.4, 0.5) is 4.39 Å². The fraction of sp³-hybridized carbons (Fsp3) is 0.250. The van der Waals surface area contributed by atoms with Crippen molar-refractivity contribution in [3.8, 4) is 0 Å². The molecule has 10 nitrogen and oxygen atoms in total. The monoisotopic (exact) mass is 475 g/mol. The minimum atomic E-state index is -0.631. The minimum absolute atomic E-state index is 0.0613. The lowest BCUT2D eigenvalue weighted by Gasteiger charge is -2.28. The topological polar surface area (TPSA) is 117 Å². The number of carbonyl (C=O) groups excluding carboxylic acids is 2. The number of aromatic amines is 1. The molecule has 4 aromatic rings. The number of carbonyl (C=O) groups is 2. The Morgan fingerprint density at radius 1 is 1.09 bits per heavy atom. The Labute approximate surface area is 199 Å². The van der Waals surface area contributed by atoms with E-state index in [1.807, 2.05) is 12.1 Å². The normalized spacial score (nSPS) is 13.1. The van der Waals surface area contributed by atoms with Crippen molar-refractivity contribution >= 4 is 22.6 Å². The van der Waals surface area contributed by atoms with Crippen LogP contribution in [-0.2, 0) is 19.5 Å². The van der Waals surface area contributed by atoms with Gasteiger partial charge >= 0.3 is 0 Å². The summed E-state index contributed by atoms with van der Waals surface area (Å²) in [5, 5.41) is 15.9. The van der Waals surface area contributed by atoms with Crippen LogP contribution in [0.5, 0.6) is 0 Å². The summed E-state index contributed by atoms with van der Waals surface area (Å²) in [5.74, 6) is -0.696. The summed E-state index contributed by atoms with van der Waals surface area (Å²) in [6.07, 6.45) is 0.308. The van der Waals surface area contributed by atoms with Crippen LogP contribution < -0.4 is 5.56 Å². The van der Waals surface area contributed by atoms with Gasteiger partial charge < -0.3 is 14.4 Å². The summed E-state index contributed by atoms with van der Waals surface area (Å²) >= 11 is 0. The fourth-order valence-electron chi connectivity index (χ4n) is 4.21. The number of rotatable bonds is 4. The van der Waals surface area contributed by atoms with Crippen LogP contribution in [0.3, 0.4) is 0 Å². The summed E-state index contributed by atoms with van der Waals surface area (Å²) in [5.41, 5.74) is 0.953. The van der Waals surface area contributed by atoms with Crippen molar-refractivity contribution in [3.63, 3.8) is 0 Å². The van der Waals surface area contributed by atoms with Crippen molar-refractivity contribution in [2.45, 2.75) is 19.5 Å². The first-order chi connectivity index (χ1) is 16.8. The minimum Gasteiger partial charge on any atom is -0.342 e. The first kappa shape index (κ1) is 22.4. The Morgan fingerprint density at radius 2 is 1.86 bits per heavy atom. The first-order valence-corrected chi connectivity index (χ1v) is 11.0. The highest BCUT2D eigenvalue weighted by atomic mass is 19.1. The molecule has 0 bridgehead atoms. The molecule has 0 radical (unpaired) electrons. The fourth-order valence-corrected chi connectivity index (χ4v) is 4.21. The van der Waals surface area contributed by atoms with Crippen LogP contribution in [-0.4, -0.2) is 67.2 Å². The highest BCUT2D eigenvalue weighted by molar-refractivity contribution is 5.95. The summed E-state index contributed by atoms with van der Waals surface area (Å²) < 4.78 is 16.4. The molecule has 35 heavy (non-hydrogen) atoms. The lowest BCUT2D eigenvalue weighted by Crippen LogP contribution is -2.40. The van der Waals surface area contributed by atoms with Gasteiger partial charge in [0.2, 0.25) is 5.82 Å². The third-order valence-electron chi connectivity index (χ3n) is 6.05. The Kier molecular flexibility index (Phi) is 5.59. The average molecular weight is 475 g/mol. The molecule has 1 N–H and O–H groups in total. The van der Waals surface area contributed by atoms with E-state index in [0.717, 1.165) is 0 Å². The molecule has 5 rings (SSSR count). The molecule has 0 aliphatic carbocycles. The molecule has 1 aliphatic rings. The van der Waals surface area contributed by atoms with E-state index in [4.69, 9.17) is 0 Å². The van der Waals surface area contributed by atoms with Crippen LogP contribution in [0.1, 0.15) is 38.1 Å². The standard InChI is InChI=1S/C24H22FN7O3/c1-30(2)24(35)21-28-27-20-13-31(9-10-32(20)21)23(34)17-11-14(7-8-18(17)25)12-19-15-5-3-4-6-16(15)22(33)29-26-19/h3-8,11H,9-10,12-13H2,1-2H3,(H,29,33). The molecule has 11 heteroatoms. The molecule has 0 fully saturated rings. The number of fused-ring (bicyclic) bond motifs is 2. The van der Waals surface area contributed by atoms with Crippen molar-refractivity contribution in [1.82, 2.24) is 34.8 Å². The number of aromatic nitrogens is 5. The number of hydrogen-bond acceptors (Lipinski definition) is 6. The molecule has 3 heterocycles. The number of halogens is 1. The molecule has 0 atom stereocenters. The van der Waals surface area contributed by atoms with E-state index in [1.54, 1.807) is 36.9 Å². The van der Waals surface area contributed by atoms with Gasteiger partial charge in [-0.1, -0.05) is 24.3 Å². The van der Waals surface area contributed by atoms with Crippen LogP contribution in [0.2, 0.25) is 0 Å². The third kappa shape index (κ3) is 4.05. The number of amides is 2. The Bertz CT molecular complexity index is 1530. The van der Waals surface area contributed by atoms with E-state index in [2.05, 4.69) is 20.4 Å². The predicted octanol–water partition coefficient (Wildman–Crippen LogP) is 1.60. The van der Waals surface area contributed by atoms with Crippen molar-refractivity contribution in [3.05, 3.63) is 87.1 Å². The van der Waals surface area contributed by atoms with Gasteiger partial charge in [0.25, 0.3) is 17.4 Å². The van der Waals surface area contributed by atoms with Gasteiger partial charge in [-0.05, 0) is 23.8 Å². The second-order valence-electron chi connectivity index (χ2n) is 8.55. The van der Waals surface area contributed by atoms with Gasteiger partial charge in [0, 0.05) is 39.0 Å². The Morgan fingerprint density at radius 3 is 2.63 bits per heavy atom. The van der Waals surface area contributed by atoms with Crippen molar-refractivity contribution in [2.75, 3.05) is 20.6 Å². The highest BCUT2D eigenvalue weighted by Gasteiger charge is 2.29. The van der Waals surface area contributed by atoms with Crippen LogP contribution in [0.15, 0.2) is 47.3 Å². The zero-order valence-electron chi connectivity index (χ0n) is 19.2. The van der Waals surface area contributed by atoms with Gasteiger partial charge in [-0.15, -0.1) is 10.2 Å². The maximum atomic E-state index is 14.7. The zero-order valence-corrected chi connectivity index (χ0v) is 19.2. The highest BCUT2D eigenvalue weighted by Crippen LogP contribution is 2.21. The van der Waals surface area contributed by atoms with E-state index in [0.29, 0.717) is 40.8 Å². The smallest absolute Gasteiger partial charge is 0.291 e. The quantitative estimate of drug-likeness (QED) is 0.479. The number of hydrogen-bond donors (Lipinski definition) is 1. The summed E-state index contributed by atoms with van der Waals surface area (Å²) in [7, 11) is 3.26. The molecule has 0 saturated heterocycles. The molecule has 1 aliphatic heterocycles. The van der Waals surface area contributed by atoms with Gasteiger partial charge in [0.1, 0.15) is 5.82 Å². The van der Waals surface area contributed by atoms with Crippen molar-refractivity contribution in [1.29, 1.82) is 0 Å². The second kappa shape index (κ2) is 8.75. The molecule has 2 amide bonds. The summed E-state index contributed by atoms with van der Waals surface area (Å²) in [4.78, 5) is 40.5. The lowest BCUT2D eigenvalue weighted by atomic mass is 10.0. The molecule has 0 unspecified atom stereocenters. The van der Waals surface area contributed by atoms with Gasteiger partial charge in [-0.25, -0.2) is 9.49 Å². The van der Waals surface area contributed by atoms with E-state index in [-0.39, 0.29) is 35.9 Å². The molecule has 2 aromatic heterocycles. The maximum Gasteiger partial charge on any atom is 0.291 e. The second-order valence-corrected chi connectivity index (χ2v) is 8.55. The number of nitrogens with zero attached hydrogens (tertiary/aromatic N) is 6.